The molecule has 1 aromatic rings. The number of rotatable bonds is 4. The fourth-order valence-electron chi connectivity index (χ4n) is 2.34. The van der Waals surface area contributed by atoms with Crippen molar-refractivity contribution in [2.45, 2.75) is 0 Å². The van der Waals surface area contributed by atoms with Crippen molar-refractivity contribution < 1.29 is 14.6 Å². The summed E-state index contributed by atoms with van der Waals surface area (Å²) in [5, 5.41) is 9.84. The van der Waals surface area contributed by atoms with Crippen LogP contribution in [0.1, 0.15) is 10.4 Å². The van der Waals surface area contributed by atoms with Crippen LogP contribution in [0.2, 0.25) is 0 Å². The van der Waals surface area contributed by atoms with Crippen LogP contribution in [0, 0.1) is 0 Å². The Kier molecular flexibility index (Phi) is 4.81. The number of ether oxygens (including phenoxy) is 1. The summed E-state index contributed by atoms with van der Waals surface area (Å²) in [6.07, 6.45) is 0. The van der Waals surface area contributed by atoms with E-state index in [-0.39, 0.29) is 17.2 Å². The molecule has 6 nitrogen and oxygen atoms in total. The van der Waals surface area contributed by atoms with Crippen LogP contribution >= 0.6 is 0 Å². The van der Waals surface area contributed by atoms with E-state index >= 15 is 0 Å². The van der Waals surface area contributed by atoms with Crippen molar-refractivity contribution in [1.29, 1.82) is 0 Å². The van der Waals surface area contributed by atoms with Gasteiger partial charge in [-0.1, -0.05) is 0 Å². The van der Waals surface area contributed by atoms with Gasteiger partial charge in [0.05, 0.1) is 12.7 Å². The molecule has 1 aliphatic heterocycles. The van der Waals surface area contributed by atoms with Crippen molar-refractivity contribution in [3.05, 3.63) is 23.8 Å². The van der Waals surface area contributed by atoms with E-state index in [2.05, 4.69) is 4.90 Å². The Bertz CT molecular complexity index is 471. The number of phenolic OH excluding ortho intramolecular Hbond substituents is 1. The molecule has 0 bridgehead atoms. The average molecular weight is 279 g/mol. The molecule has 1 amide bonds. The first-order valence-electron chi connectivity index (χ1n) is 6.74. The van der Waals surface area contributed by atoms with E-state index < -0.39 is 0 Å². The van der Waals surface area contributed by atoms with E-state index in [0.29, 0.717) is 25.4 Å². The van der Waals surface area contributed by atoms with Crippen LogP contribution in [-0.4, -0.2) is 67.2 Å². The molecule has 0 atom stereocenters. The van der Waals surface area contributed by atoms with E-state index in [4.69, 9.17) is 10.5 Å². The summed E-state index contributed by atoms with van der Waals surface area (Å²) in [5.74, 6) is 0.391. The van der Waals surface area contributed by atoms with Gasteiger partial charge in [-0.3, -0.25) is 9.69 Å². The van der Waals surface area contributed by atoms with Crippen molar-refractivity contribution in [3.8, 4) is 11.5 Å². The predicted octanol–water partition coefficient (Wildman–Crippen LogP) is 0.117. The maximum Gasteiger partial charge on any atom is 0.257 e. The lowest BCUT2D eigenvalue weighted by atomic mass is 10.1. The van der Waals surface area contributed by atoms with Crippen LogP contribution in [0.25, 0.3) is 0 Å². The highest BCUT2D eigenvalue weighted by atomic mass is 16.5. The monoisotopic (exact) mass is 279 g/mol. The quantitative estimate of drug-likeness (QED) is 0.818. The first-order chi connectivity index (χ1) is 9.65. The number of benzene rings is 1. The average Bonchev–Trinajstić information content (AvgIpc) is 2.48. The largest absolute Gasteiger partial charge is 0.507 e. The zero-order valence-electron chi connectivity index (χ0n) is 11.7. The number of carbonyl (C=O) groups excluding carboxylic acids is 1. The molecule has 1 saturated heterocycles. The first kappa shape index (κ1) is 14.6. The summed E-state index contributed by atoms with van der Waals surface area (Å²) in [5.41, 5.74) is 5.82. The summed E-state index contributed by atoms with van der Waals surface area (Å²) >= 11 is 0. The zero-order chi connectivity index (χ0) is 14.5. The highest BCUT2D eigenvalue weighted by Crippen LogP contribution is 2.24. The third-order valence-electron chi connectivity index (χ3n) is 3.54. The van der Waals surface area contributed by atoms with Crippen LogP contribution in [-0.2, 0) is 0 Å². The van der Waals surface area contributed by atoms with Crippen molar-refractivity contribution in [2.24, 2.45) is 5.73 Å². The van der Waals surface area contributed by atoms with Gasteiger partial charge in [0.25, 0.3) is 5.91 Å². The molecule has 1 aromatic carbocycles. The molecule has 0 saturated carbocycles. The van der Waals surface area contributed by atoms with E-state index in [0.717, 1.165) is 19.6 Å². The number of phenols is 1. The van der Waals surface area contributed by atoms with Crippen LogP contribution in [0.4, 0.5) is 0 Å². The van der Waals surface area contributed by atoms with Gasteiger partial charge in [0, 0.05) is 39.3 Å². The summed E-state index contributed by atoms with van der Waals surface area (Å²) in [7, 11) is 1.53. The fourth-order valence-corrected chi connectivity index (χ4v) is 2.34. The molecular formula is C14H21N3O3. The second-order valence-corrected chi connectivity index (χ2v) is 4.81. The van der Waals surface area contributed by atoms with Gasteiger partial charge in [-0.25, -0.2) is 0 Å². The van der Waals surface area contributed by atoms with E-state index in [1.54, 1.807) is 17.0 Å². The highest BCUT2D eigenvalue weighted by molar-refractivity contribution is 5.97. The molecule has 1 fully saturated rings. The van der Waals surface area contributed by atoms with Gasteiger partial charge in [-0.2, -0.15) is 0 Å². The number of hydrogen-bond donors (Lipinski definition) is 2. The van der Waals surface area contributed by atoms with Gasteiger partial charge >= 0.3 is 0 Å². The maximum absolute atomic E-state index is 12.4. The lowest BCUT2D eigenvalue weighted by Gasteiger charge is -2.34. The van der Waals surface area contributed by atoms with Crippen molar-refractivity contribution in [2.75, 3.05) is 46.4 Å². The molecule has 20 heavy (non-hydrogen) atoms. The minimum Gasteiger partial charge on any atom is -0.507 e. The fraction of sp³-hybridized carbons (Fsp3) is 0.500. The van der Waals surface area contributed by atoms with Crippen LogP contribution in [0.5, 0.6) is 11.5 Å². The number of piperazine rings is 1. The number of nitrogens with zero attached hydrogens (tertiary/aromatic N) is 2. The molecule has 6 heteroatoms. The predicted molar refractivity (Wildman–Crippen MR) is 76.1 cm³/mol. The zero-order valence-corrected chi connectivity index (χ0v) is 11.7. The molecule has 0 unspecified atom stereocenters. The minimum atomic E-state index is -0.159. The molecular weight excluding hydrogens is 258 g/mol. The standard InChI is InChI=1S/C14H21N3O3/c1-20-11-2-3-13(18)12(10-11)14(19)17-8-6-16(5-4-15)7-9-17/h2-3,10,18H,4-9,15H2,1H3. The number of methoxy groups -OCH3 is 1. The van der Waals surface area contributed by atoms with Crippen LogP contribution in [0.15, 0.2) is 18.2 Å². The Hall–Kier alpha value is -1.79. The molecule has 0 radical (unpaired) electrons. The number of aromatic hydroxyl groups is 1. The Morgan fingerprint density at radius 1 is 1.35 bits per heavy atom. The van der Waals surface area contributed by atoms with Gasteiger partial charge in [-0.15, -0.1) is 0 Å². The SMILES string of the molecule is COc1ccc(O)c(C(=O)N2CCN(CCN)CC2)c1. The van der Waals surface area contributed by atoms with Gasteiger partial charge in [0.15, 0.2) is 0 Å². The maximum atomic E-state index is 12.4. The highest BCUT2D eigenvalue weighted by Gasteiger charge is 2.23. The van der Waals surface area contributed by atoms with Crippen molar-refractivity contribution in [1.82, 2.24) is 9.80 Å². The normalized spacial score (nSPS) is 16.2. The Morgan fingerprint density at radius 2 is 2.05 bits per heavy atom. The van der Waals surface area contributed by atoms with E-state index in [1.165, 1.54) is 13.2 Å². The van der Waals surface area contributed by atoms with Gasteiger partial charge < -0.3 is 20.5 Å². The molecule has 2 rings (SSSR count). The van der Waals surface area contributed by atoms with Gasteiger partial charge in [-0.05, 0) is 18.2 Å². The molecule has 1 aliphatic rings. The summed E-state index contributed by atoms with van der Waals surface area (Å²) in [6.45, 7) is 4.41. The second kappa shape index (κ2) is 6.58. The minimum absolute atomic E-state index is 0.0137. The third-order valence-corrected chi connectivity index (χ3v) is 3.54. The molecule has 3 N–H and O–H groups in total. The smallest absolute Gasteiger partial charge is 0.257 e. The number of hydrogen-bond acceptors (Lipinski definition) is 5. The molecule has 110 valence electrons. The first-order valence-corrected chi connectivity index (χ1v) is 6.74. The molecule has 0 spiro atoms. The Morgan fingerprint density at radius 3 is 2.65 bits per heavy atom. The van der Waals surface area contributed by atoms with Crippen LogP contribution in [0.3, 0.4) is 0 Å². The molecule has 0 aliphatic carbocycles. The van der Waals surface area contributed by atoms with Crippen molar-refractivity contribution in [3.63, 3.8) is 0 Å². The van der Waals surface area contributed by atoms with Crippen LogP contribution < -0.4 is 10.5 Å². The molecule has 1 heterocycles. The number of nitrogens with two attached hydrogens (primary N) is 1. The second-order valence-electron chi connectivity index (χ2n) is 4.81. The summed E-state index contributed by atoms with van der Waals surface area (Å²) in [6, 6.07) is 4.69. The van der Waals surface area contributed by atoms with Crippen molar-refractivity contribution >= 4 is 5.91 Å². The summed E-state index contributed by atoms with van der Waals surface area (Å²) in [4.78, 5) is 16.4. The number of carbonyl (C=O) groups is 1. The topological polar surface area (TPSA) is 79.0 Å². The lowest BCUT2D eigenvalue weighted by Crippen LogP contribution is -2.49. The Balaban J connectivity index is 2.05. The van der Waals surface area contributed by atoms with Gasteiger partial charge in [0.2, 0.25) is 0 Å². The number of amides is 1. The molecule has 0 aromatic heterocycles. The van der Waals surface area contributed by atoms with Gasteiger partial charge in [0.1, 0.15) is 11.5 Å². The Labute approximate surface area is 118 Å². The van der Waals surface area contributed by atoms with E-state index in [1.807, 2.05) is 0 Å². The third kappa shape index (κ3) is 3.20. The summed E-state index contributed by atoms with van der Waals surface area (Å²) < 4.78 is 5.09. The lowest BCUT2D eigenvalue weighted by molar-refractivity contribution is 0.0637. The van der Waals surface area contributed by atoms with E-state index in [9.17, 15) is 9.90 Å².